The molecular weight excluding hydrogens is 390 g/mol. The third-order valence-electron chi connectivity index (χ3n) is 4.85. The third-order valence-corrected chi connectivity index (χ3v) is 4.85. The first-order valence-corrected chi connectivity index (χ1v) is 9.64. The Morgan fingerprint density at radius 1 is 1.10 bits per heavy atom. The summed E-state index contributed by atoms with van der Waals surface area (Å²) in [4.78, 5) is 28.4. The number of aromatic nitrogens is 1. The van der Waals surface area contributed by atoms with Crippen LogP contribution in [0.2, 0.25) is 0 Å². The van der Waals surface area contributed by atoms with E-state index in [1.807, 2.05) is 36.4 Å². The quantitative estimate of drug-likeness (QED) is 0.581. The Morgan fingerprint density at radius 2 is 1.86 bits per heavy atom. The number of urea groups is 1. The van der Waals surface area contributed by atoms with Crippen molar-refractivity contribution < 1.29 is 9.59 Å². The highest BCUT2D eigenvalue weighted by Gasteiger charge is 2.24. The van der Waals surface area contributed by atoms with Crippen molar-refractivity contribution in [2.75, 3.05) is 11.9 Å². The molecule has 0 radical (unpaired) electrons. The minimum atomic E-state index is -0.276. The molecule has 4 N–H and O–H groups in total. The molecule has 8 heteroatoms. The van der Waals surface area contributed by atoms with Gasteiger partial charge in [0.15, 0.2) is 0 Å². The average molecular weight is 418 g/mol. The normalized spacial score (nSPS) is 18.2. The molecule has 1 aliphatic rings. The van der Waals surface area contributed by atoms with Gasteiger partial charge in [-0.25, -0.2) is 4.79 Å². The lowest BCUT2D eigenvalue weighted by Crippen LogP contribution is -2.42. The predicted molar refractivity (Wildman–Crippen MR) is 116 cm³/mol. The number of amides is 3. The zero-order valence-corrected chi connectivity index (χ0v) is 17.3. The molecule has 2 heterocycles. The minimum absolute atomic E-state index is 0. The Bertz CT molecular complexity index is 803. The second-order valence-electron chi connectivity index (χ2n) is 7.16. The molecule has 3 rings (SSSR count). The highest BCUT2D eigenvalue weighted by atomic mass is 35.5. The van der Waals surface area contributed by atoms with E-state index in [9.17, 15) is 9.59 Å². The SMILES string of the molecule is C[C@H]1C[C@@H](C(=O)NCc2cccc(NC(=O)NCc3ccncc3)c2)CCN1.Cl. The van der Waals surface area contributed by atoms with Crippen LogP contribution in [0.25, 0.3) is 0 Å². The number of carbonyl (C=O) groups excluding carboxylic acids is 2. The van der Waals surface area contributed by atoms with Gasteiger partial charge in [-0.3, -0.25) is 9.78 Å². The molecule has 156 valence electrons. The number of pyridine rings is 1. The fourth-order valence-corrected chi connectivity index (χ4v) is 3.32. The molecule has 2 aromatic rings. The number of rotatable bonds is 6. The van der Waals surface area contributed by atoms with E-state index in [1.54, 1.807) is 12.4 Å². The molecule has 7 nitrogen and oxygen atoms in total. The second kappa shape index (κ2) is 11.4. The van der Waals surface area contributed by atoms with E-state index in [2.05, 4.69) is 33.2 Å². The summed E-state index contributed by atoms with van der Waals surface area (Å²) in [6.07, 6.45) is 5.12. The van der Waals surface area contributed by atoms with Crippen molar-refractivity contribution in [1.29, 1.82) is 0 Å². The van der Waals surface area contributed by atoms with Gasteiger partial charge in [0.1, 0.15) is 0 Å². The average Bonchev–Trinajstić information content (AvgIpc) is 2.71. The monoisotopic (exact) mass is 417 g/mol. The van der Waals surface area contributed by atoms with Gasteiger partial charge in [0.25, 0.3) is 0 Å². The van der Waals surface area contributed by atoms with Crippen molar-refractivity contribution in [2.45, 2.75) is 38.9 Å². The number of hydrogen-bond donors (Lipinski definition) is 4. The van der Waals surface area contributed by atoms with E-state index >= 15 is 0 Å². The molecule has 1 aliphatic heterocycles. The number of halogens is 1. The van der Waals surface area contributed by atoms with Crippen LogP contribution in [0.1, 0.15) is 30.9 Å². The zero-order valence-electron chi connectivity index (χ0n) is 16.5. The first kappa shape index (κ1) is 22.6. The van der Waals surface area contributed by atoms with Gasteiger partial charge in [-0.2, -0.15) is 0 Å². The van der Waals surface area contributed by atoms with Crippen molar-refractivity contribution >= 4 is 30.0 Å². The van der Waals surface area contributed by atoms with Crippen molar-refractivity contribution in [3.63, 3.8) is 0 Å². The smallest absolute Gasteiger partial charge is 0.319 e. The van der Waals surface area contributed by atoms with Gasteiger partial charge >= 0.3 is 6.03 Å². The van der Waals surface area contributed by atoms with E-state index < -0.39 is 0 Å². The maximum absolute atomic E-state index is 12.4. The lowest BCUT2D eigenvalue weighted by atomic mass is 9.92. The van der Waals surface area contributed by atoms with E-state index in [0.29, 0.717) is 24.8 Å². The fraction of sp³-hybridized carbons (Fsp3) is 0.381. The highest BCUT2D eigenvalue weighted by molar-refractivity contribution is 5.89. The zero-order chi connectivity index (χ0) is 19.8. The van der Waals surface area contributed by atoms with Gasteiger partial charge < -0.3 is 21.3 Å². The molecule has 1 fully saturated rings. The van der Waals surface area contributed by atoms with Gasteiger partial charge in [0.2, 0.25) is 5.91 Å². The standard InChI is InChI=1S/C21H27N5O2.ClH/c1-15-11-18(7-10-23-15)20(27)24-14-17-3-2-4-19(12-17)26-21(28)25-13-16-5-8-22-9-6-16;/h2-6,8-9,12,15,18,23H,7,10-11,13-14H2,1H3,(H,24,27)(H2,25,26,28);1H/t15-,18-;/m0./s1. The topological polar surface area (TPSA) is 95.2 Å². The molecule has 0 unspecified atom stereocenters. The number of nitrogens with one attached hydrogen (secondary N) is 4. The Balaban J connectivity index is 0.00000300. The number of hydrogen-bond acceptors (Lipinski definition) is 4. The van der Waals surface area contributed by atoms with Crippen molar-refractivity contribution in [3.05, 3.63) is 59.9 Å². The number of carbonyl (C=O) groups is 2. The van der Waals surface area contributed by atoms with Crippen LogP contribution in [0.3, 0.4) is 0 Å². The molecule has 0 saturated carbocycles. The van der Waals surface area contributed by atoms with Crippen LogP contribution in [-0.4, -0.2) is 29.5 Å². The highest BCUT2D eigenvalue weighted by Crippen LogP contribution is 2.17. The van der Waals surface area contributed by atoms with E-state index in [1.165, 1.54) is 0 Å². The summed E-state index contributed by atoms with van der Waals surface area (Å²) in [5.41, 5.74) is 2.62. The summed E-state index contributed by atoms with van der Waals surface area (Å²) in [6, 6.07) is 11.3. The van der Waals surface area contributed by atoms with Crippen LogP contribution in [0.15, 0.2) is 48.8 Å². The lowest BCUT2D eigenvalue weighted by molar-refractivity contribution is -0.126. The lowest BCUT2D eigenvalue weighted by Gasteiger charge is -2.27. The number of nitrogens with zero attached hydrogens (tertiary/aromatic N) is 1. The summed E-state index contributed by atoms with van der Waals surface area (Å²) in [5.74, 6) is 0.165. The summed E-state index contributed by atoms with van der Waals surface area (Å²) in [7, 11) is 0. The van der Waals surface area contributed by atoms with Crippen LogP contribution in [0, 0.1) is 5.92 Å². The van der Waals surface area contributed by atoms with Crippen LogP contribution < -0.4 is 21.3 Å². The molecule has 3 amide bonds. The summed E-state index contributed by atoms with van der Waals surface area (Å²) in [5, 5.41) is 12.0. The van der Waals surface area contributed by atoms with E-state index in [0.717, 1.165) is 30.5 Å². The van der Waals surface area contributed by atoms with Crippen LogP contribution in [-0.2, 0) is 17.9 Å². The molecule has 0 spiro atoms. The van der Waals surface area contributed by atoms with E-state index in [-0.39, 0.29) is 30.3 Å². The molecule has 1 aromatic heterocycles. The number of anilines is 1. The van der Waals surface area contributed by atoms with Gasteiger partial charge in [0.05, 0.1) is 0 Å². The maximum Gasteiger partial charge on any atom is 0.319 e. The summed E-state index contributed by atoms with van der Waals surface area (Å²) < 4.78 is 0. The largest absolute Gasteiger partial charge is 0.352 e. The molecule has 1 saturated heterocycles. The Hall–Kier alpha value is -2.64. The maximum atomic E-state index is 12.4. The second-order valence-corrected chi connectivity index (χ2v) is 7.16. The van der Waals surface area contributed by atoms with Crippen LogP contribution in [0.4, 0.5) is 10.5 Å². The number of benzene rings is 1. The third kappa shape index (κ3) is 7.36. The molecule has 0 bridgehead atoms. The Morgan fingerprint density at radius 3 is 2.62 bits per heavy atom. The van der Waals surface area contributed by atoms with Crippen molar-refractivity contribution in [2.24, 2.45) is 5.92 Å². The van der Waals surface area contributed by atoms with Gasteiger partial charge in [0, 0.05) is 43.1 Å². The molecular formula is C21H28ClN5O2. The Labute approximate surface area is 177 Å². The first-order valence-electron chi connectivity index (χ1n) is 9.64. The predicted octanol–water partition coefficient (Wildman–Crippen LogP) is 2.83. The van der Waals surface area contributed by atoms with E-state index in [4.69, 9.17) is 0 Å². The van der Waals surface area contributed by atoms with Crippen LogP contribution >= 0.6 is 12.4 Å². The minimum Gasteiger partial charge on any atom is -0.352 e. The number of piperidine rings is 1. The fourth-order valence-electron chi connectivity index (χ4n) is 3.32. The van der Waals surface area contributed by atoms with Crippen molar-refractivity contribution in [1.82, 2.24) is 20.9 Å². The van der Waals surface area contributed by atoms with Crippen LogP contribution in [0.5, 0.6) is 0 Å². The van der Waals surface area contributed by atoms with Crippen molar-refractivity contribution in [3.8, 4) is 0 Å². The van der Waals surface area contributed by atoms with Gasteiger partial charge in [-0.1, -0.05) is 12.1 Å². The molecule has 2 atom stereocenters. The first-order chi connectivity index (χ1) is 13.6. The summed E-state index contributed by atoms with van der Waals surface area (Å²) >= 11 is 0. The molecule has 1 aromatic carbocycles. The molecule has 29 heavy (non-hydrogen) atoms. The molecule has 0 aliphatic carbocycles. The van der Waals surface area contributed by atoms with Gasteiger partial charge in [-0.15, -0.1) is 12.4 Å². The Kier molecular flexibility index (Phi) is 8.89. The summed E-state index contributed by atoms with van der Waals surface area (Å²) in [6.45, 7) is 3.87. The van der Waals surface area contributed by atoms with Gasteiger partial charge in [-0.05, 0) is 61.7 Å².